The zero-order chi connectivity index (χ0) is 22.1. The van der Waals surface area contributed by atoms with E-state index in [0.717, 1.165) is 16.9 Å². The molecule has 3 rings (SSSR count). The smallest absolute Gasteiger partial charge is 0.335 e. The molecule has 162 valence electrons. The van der Waals surface area contributed by atoms with E-state index in [9.17, 15) is 9.36 Å². The molecule has 0 spiro atoms. The van der Waals surface area contributed by atoms with Crippen LogP contribution < -0.4 is 4.74 Å². The van der Waals surface area contributed by atoms with Crippen LogP contribution in [0.3, 0.4) is 0 Å². The molecule has 0 N–H and O–H groups in total. The third-order valence-electron chi connectivity index (χ3n) is 4.54. The summed E-state index contributed by atoms with van der Waals surface area (Å²) in [6.07, 6.45) is 0.433. The summed E-state index contributed by atoms with van der Waals surface area (Å²) in [5.74, 6) is 1.42. The summed E-state index contributed by atoms with van der Waals surface area (Å²) < 4.78 is 29.3. The lowest BCUT2D eigenvalue weighted by Crippen LogP contribution is -2.04. The van der Waals surface area contributed by atoms with Crippen molar-refractivity contribution < 1.29 is 23.1 Å². The van der Waals surface area contributed by atoms with Crippen LogP contribution in [0.2, 0.25) is 0 Å². The Hall–Kier alpha value is -2.72. The van der Waals surface area contributed by atoms with E-state index in [2.05, 4.69) is 0 Å². The van der Waals surface area contributed by atoms with Crippen LogP contribution in [-0.4, -0.2) is 19.0 Å². The Morgan fingerprint density at radius 1 is 0.774 bits per heavy atom. The number of benzene rings is 3. The molecule has 0 saturated heterocycles. The van der Waals surface area contributed by atoms with E-state index in [1.165, 1.54) is 0 Å². The van der Waals surface area contributed by atoms with Gasteiger partial charge in [-0.1, -0.05) is 42.5 Å². The van der Waals surface area contributed by atoms with Gasteiger partial charge in [-0.15, -0.1) is 0 Å². The van der Waals surface area contributed by atoms with Crippen molar-refractivity contribution in [3.8, 4) is 11.5 Å². The second kappa shape index (κ2) is 11.1. The average Bonchev–Trinajstić information content (AvgIpc) is 2.75. The molecule has 0 radical (unpaired) electrons. The molecular formula is C25H27O5P. The minimum Gasteiger partial charge on any atom is -0.457 e. The maximum Gasteiger partial charge on any atom is 0.335 e. The Kier molecular flexibility index (Phi) is 8.19. The van der Waals surface area contributed by atoms with E-state index < -0.39 is 7.60 Å². The Morgan fingerprint density at radius 2 is 1.39 bits per heavy atom. The van der Waals surface area contributed by atoms with Gasteiger partial charge < -0.3 is 13.8 Å². The van der Waals surface area contributed by atoms with Gasteiger partial charge in [-0.25, -0.2) is 0 Å². The van der Waals surface area contributed by atoms with Crippen molar-refractivity contribution in [1.29, 1.82) is 0 Å². The van der Waals surface area contributed by atoms with Crippen LogP contribution in [-0.2, 0) is 26.2 Å². The van der Waals surface area contributed by atoms with Gasteiger partial charge in [0, 0.05) is 12.0 Å². The quantitative estimate of drug-likeness (QED) is 0.247. The molecule has 0 aliphatic carbocycles. The molecule has 0 aromatic heterocycles. The molecular weight excluding hydrogens is 411 g/mol. The van der Waals surface area contributed by atoms with Gasteiger partial charge in [-0.3, -0.25) is 9.36 Å². The van der Waals surface area contributed by atoms with Crippen LogP contribution in [0, 0.1) is 0 Å². The summed E-state index contributed by atoms with van der Waals surface area (Å²) in [6, 6.07) is 24.1. The number of hydrogen-bond donors (Lipinski definition) is 0. The van der Waals surface area contributed by atoms with E-state index in [1.807, 2.05) is 54.6 Å². The van der Waals surface area contributed by atoms with Crippen LogP contribution in [0.15, 0.2) is 78.9 Å². The van der Waals surface area contributed by atoms with Gasteiger partial charge in [0.05, 0.1) is 19.4 Å². The van der Waals surface area contributed by atoms with E-state index in [4.69, 9.17) is 13.8 Å². The normalized spacial score (nSPS) is 11.3. The van der Waals surface area contributed by atoms with Gasteiger partial charge >= 0.3 is 7.60 Å². The molecule has 0 aliphatic heterocycles. The summed E-state index contributed by atoms with van der Waals surface area (Å²) in [5.41, 5.74) is 2.29. The molecule has 3 aromatic rings. The largest absolute Gasteiger partial charge is 0.457 e. The van der Waals surface area contributed by atoms with Crippen LogP contribution in [0.4, 0.5) is 0 Å². The van der Waals surface area contributed by atoms with E-state index >= 15 is 0 Å². The van der Waals surface area contributed by atoms with Crippen molar-refractivity contribution in [2.75, 3.05) is 13.2 Å². The lowest BCUT2D eigenvalue weighted by molar-refractivity contribution is 0.0993. The van der Waals surface area contributed by atoms with Gasteiger partial charge in [0.1, 0.15) is 11.5 Å². The first-order valence-corrected chi connectivity index (χ1v) is 12.1. The lowest BCUT2D eigenvalue weighted by Gasteiger charge is -2.17. The number of carbonyl (C=O) groups is 1. The van der Waals surface area contributed by atoms with Gasteiger partial charge in [0.25, 0.3) is 0 Å². The maximum atomic E-state index is 12.8. The molecule has 0 unspecified atom stereocenters. The van der Waals surface area contributed by atoms with Crippen molar-refractivity contribution in [2.24, 2.45) is 0 Å². The summed E-state index contributed by atoms with van der Waals surface area (Å²) in [5, 5.41) is 0. The standard InChI is InChI=1S/C25H27O5P/c1-3-28-31(27,29-4-2)19-21-10-8-9-20(17-21)18-25(26)22-13-15-24(16-14-22)30-23-11-6-5-7-12-23/h5-17H,3-4,18-19H2,1-2H3. The summed E-state index contributed by atoms with van der Waals surface area (Å²) in [7, 11) is -3.19. The fourth-order valence-corrected chi connectivity index (χ4v) is 4.89. The minimum atomic E-state index is -3.19. The molecule has 0 heterocycles. The number of Topliss-reactive ketones (excluding diaryl/α,β-unsaturated/α-hetero) is 1. The molecule has 0 amide bonds. The zero-order valence-corrected chi connectivity index (χ0v) is 18.7. The third-order valence-corrected chi connectivity index (χ3v) is 6.59. The second-order valence-electron chi connectivity index (χ2n) is 6.96. The molecule has 5 nitrogen and oxygen atoms in total. The van der Waals surface area contributed by atoms with Crippen LogP contribution in [0.25, 0.3) is 0 Å². The summed E-state index contributed by atoms with van der Waals surface area (Å²) >= 11 is 0. The highest BCUT2D eigenvalue weighted by atomic mass is 31.2. The number of hydrogen-bond acceptors (Lipinski definition) is 5. The van der Waals surface area contributed by atoms with E-state index in [-0.39, 0.29) is 18.4 Å². The lowest BCUT2D eigenvalue weighted by atomic mass is 10.0. The van der Waals surface area contributed by atoms with Gasteiger partial charge in [-0.2, -0.15) is 0 Å². The third kappa shape index (κ3) is 6.90. The highest BCUT2D eigenvalue weighted by molar-refractivity contribution is 7.53. The SMILES string of the molecule is CCOP(=O)(Cc1cccc(CC(=O)c2ccc(Oc3ccccc3)cc2)c1)OCC. The highest BCUT2D eigenvalue weighted by Crippen LogP contribution is 2.51. The van der Waals surface area contributed by atoms with Crippen LogP contribution >= 0.6 is 7.60 Å². The monoisotopic (exact) mass is 438 g/mol. The van der Waals surface area contributed by atoms with Crippen LogP contribution in [0.5, 0.6) is 11.5 Å². The van der Waals surface area contributed by atoms with Crippen molar-refractivity contribution >= 4 is 13.4 Å². The van der Waals surface area contributed by atoms with Crippen molar-refractivity contribution in [3.63, 3.8) is 0 Å². The number of carbonyl (C=O) groups excluding carboxylic acids is 1. The Morgan fingerprint density at radius 3 is 2.03 bits per heavy atom. The van der Waals surface area contributed by atoms with Crippen LogP contribution in [0.1, 0.15) is 35.3 Å². The molecule has 6 heteroatoms. The molecule has 3 aromatic carbocycles. The number of rotatable bonds is 11. The van der Waals surface area contributed by atoms with Crippen molar-refractivity contribution in [2.45, 2.75) is 26.4 Å². The topological polar surface area (TPSA) is 61.8 Å². The van der Waals surface area contributed by atoms with Gasteiger partial charge in [0.2, 0.25) is 0 Å². The molecule has 31 heavy (non-hydrogen) atoms. The fourth-order valence-electron chi connectivity index (χ4n) is 3.20. The van der Waals surface area contributed by atoms with E-state index in [1.54, 1.807) is 38.1 Å². The highest BCUT2D eigenvalue weighted by Gasteiger charge is 2.24. The Bertz CT molecular complexity index is 1020. The predicted octanol–water partition coefficient (Wildman–Crippen LogP) is 6.67. The number of ether oxygens (including phenoxy) is 1. The Labute approximate surface area is 183 Å². The predicted molar refractivity (Wildman–Crippen MR) is 122 cm³/mol. The summed E-state index contributed by atoms with van der Waals surface area (Å²) in [6.45, 7) is 4.22. The van der Waals surface area contributed by atoms with Crippen molar-refractivity contribution in [3.05, 3.63) is 95.6 Å². The molecule has 0 atom stereocenters. The molecule has 0 bridgehead atoms. The molecule has 0 fully saturated rings. The maximum absolute atomic E-state index is 12.8. The summed E-state index contributed by atoms with van der Waals surface area (Å²) in [4.78, 5) is 12.7. The number of para-hydroxylation sites is 1. The van der Waals surface area contributed by atoms with Gasteiger partial charge in [-0.05, 0) is 61.4 Å². The first-order chi connectivity index (χ1) is 15.0. The van der Waals surface area contributed by atoms with Crippen molar-refractivity contribution in [1.82, 2.24) is 0 Å². The zero-order valence-electron chi connectivity index (χ0n) is 17.8. The first-order valence-electron chi connectivity index (χ1n) is 10.3. The fraction of sp³-hybridized carbons (Fsp3) is 0.240. The minimum absolute atomic E-state index is 0.00112. The average molecular weight is 438 g/mol. The van der Waals surface area contributed by atoms with Gasteiger partial charge in [0.15, 0.2) is 5.78 Å². The first kappa shape index (κ1) is 23.0. The molecule has 0 saturated carbocycles. The second-order valence-corrected chi connectivity index (χ2v) is 9.02. The van der Waals surface area contributed by atoms with E-state index in [0.29, 0.717) is 24.5 Å². The molecule has 0 aliphatic rings. The Balaban J connectivity index is 1.65. The number of ketones is 1.